The first-order valence-corrected chi connectivity index (χ1v) is 5.99. The lowest BCUT2D eigenvalue weighted by Crippen LogP contribution is -2.33. The molecule has 1 saturated carbocycles. The van der Waals surface area contributed by atoms with Gasteiger partial charge in [-0.3, -0.25) is 4.79 Å². The summed E-state index contributed by atoms with van der Waals surface area (Å²) in [7, 11) is 4.77. The normalized spacial score (nSPS) is 15.3. The van der Waals surface area contributed by atoms with Crippen molar-refractivity contribution in [3.05, 3.63) is 18.2 Å². The van der Waals surface area contributed by atoms with Crippen molar-refractivity contribution in [3.63, 3.8) is 0 Å². The molecule has 1 amide bonds. The summed E-state index contributed by atoms with van der Waals surface area (Å²) >= 11 is 0. The number of ether oxygens (including phenoxy) is 2. The van der Waals surface area contributed by atoms with Gasteiger partial charge in [0.2, 0.25) is 5.91 Å². The lowest BCUT2D eigenvalue weighted by atomic mass is 10.1. The second-order valence-corrected chi connectivity index (χ2v) is 4.60. The molecule has 1 aliphatic carbocycles. The maximum atomic E-state index is 12.2. The van der Waals surface area contributed by atoms with Gasteiger partial charge in [-0.15, -0.1) is 0 Å². The van der Waals surface area contributed by atoms with Crippen LogP contribution in [0.5, 0.6) is 11.5 Å². The van der Waals surface area contributed by atoms with Crippen molar-refractivity contribution in [2.75, 3.05) is 26.2 Å². The molecule has 0 spiro atoms. The quantitative estimate of drug-likeness (QED) is 0.830. The van der Waals surface area contributed by atoms with E-state index in [0.29, 0.717) is 30.0 Å². The van der Waals surface area contributed by atoms with E-state index in [1.165, 1.54) is 4.90 Å². The maximum Gasteiger partial charge on any atom is 0.247 e. The Labute approximate surface area is 112 Å². The minimum Gasteiger partial charge on any atom is -0.493 e. The number of hydrogen-bond acceptors (Lipinski definition) is 4. The van der Waals surface area contributed by atoms with Crippen LogP contribution in [-0.4, -0.2) is 27.2 Å². The Hall–Kier alpha value is -2.22. The molecule has 1 aromatic carbocycles. The molecule has 1 fully saturated rings. The monoisotopic (exact) mass is 260 g/mol. The van der Waals surface area contributed by atoms with Gasteiger partial charge in [0, 0.05) is 18.8 Å². The molecule has 0 atom stereocenters. The topological polar surface area (TPSA) is 62.6 Å². The maximum absolute atomic E-state index is 12.2. The summed E-state index contributed by atoms with van der Waals surface area (Å²) < 4.78 is 10.4. The second kappa shape index (κ2) is 4.81. The molecule has 5 nitrogen and oxygen atoms in total. The van der Waals surface area contributed by atoms with Gasteiger partial charge in [0.05, 0.1) is 20.3 Å². The van der Waals surface area contributed by atoms with Crippen LogP contribution in [0.1, 0.15) is 12.8 Å². The van der Waals surface area contributed by atoms with E-state index < -0.39 is 5.41 Å². The molecule has 0 aliphatic heterocycles. The van der Waals surface area contributed by atoms with Crippen LogP contribution >= 0.6 is 0 Å². The fourth-order valence-electron chi connectivity index (χ4n) is 1.97. The third-order valence-electron chi connectivity index (χ3n) is 3.43. The fourth-order valence-corrected chi connectivity index (χ4v) is 1.97. The Balaban J connectivity index is 2.27. The Morgan fingerprint density at radius 1 is 1.32 bits per heavy atom. The van der Waals surface area contributed by atoms with E-state index in [9.17, 15) is 4.79 Å². The van der Waals surface area contributed by atoms with Crippen molar-refractivity contribution in [2.45, 2.75) is 12.8 Å². The first-order valence-electron chi connectivity index (χ1n) is 5.99. The number of nitriles is 1. The average molecular weight is 260 g/mol. The molecule has 0 aromatic heterocycles. The SMILES string of the molecule is COc1ccc(N(C)C(=O)C2(C#N)CC2)cc1OC. The van der Waals surface area contributed by atoms with E-state index in [1.807, 2.05) is 0 Å². The zero-order valence-electron chi connectivity index (χ0n) is 11.3. The zero-order chi connectivity index (χ0) is 14.0. The molecule has 0 radical (unpaired) electrons. The Morgan fingerprint density at radius 3 is 2.42 bits per heavy atom. The summed E-state index contributed by atoms with van der Waals surface area (Å²) in [5.74, 6) is 0.997. The smallest absolute Gasteiger partial charge is 0.247 e. The van der Waals surface area contributed by atoms with Crippen molar-refractivity contribution in [3.8, 4) is 17.6 Å². The molecule has 2 rings (SSSR count). The van der Waals surface area contributed by atoms with Gasteiger partial charge in [0.1, 0.15) is 5.41 Å². The lowest BCUT2D eigenvalue weighted by Gasteiger charge is -2.21. The number of carbonyl (C=O) groups excluding carboxylic acids is 1. The van der Waals surface area contributed by atoms with Gasteiger partial charge in [-0.05, 0) is 25.0 Å². The van der Waals surface area contributed by atoms with Crippen molar-refractivity contribution in [2.24, 2.45) is 5.41 Å². The lowest BCUT2D eigenvalue weighted by molar-refractivity contribution is -0.121. The number of hydrogen-bond donors (Lipinski definition) is 0. The average Bonchev–Trinajstić information content (AvgIpc) is 3.26. The molecule has 0 heterocycles. The van der Waals surface area contributed by atoms with Crippen LogP contribution < -0.4 is 14.4 Å². The molecular weight excluding hydrogens is 244 g/mol. The number of anilines is 1. The van der Waals surface area contributed by atoms with Crippen LogP contribution in [0.15, 0.2) is 18.2 Å². The molecule has 1 aromatic rings. The molecule has 1 aliphatic rings. The number of carbonyl (C=O) groups is 1. The van der Waals surface area contributed by atoms with Crippen molar-refractivity contribution in [1.82, 2.24) is 0 Å². The van der Waals surface area contributed by atoms with E-state index in [0.717, 1.165) is 0 Å². The van der Waals surface area contributed by atoms with Gasteiger partial charge in [-0.2, -0.15) is 5.26 Å². The highest BCUT2D eigenvalue weighted by Crippen LogP contribution is 2.47. The van der Waals surface area contributed by atoms with E-state index in [2.05, 4.69) is 6.07 Å². The fraction of sp³-hybridized carbons (Fsp3) is 0.429. The number of nitrogens with zero attached hydrogens (tertiary/aromatic N) is 2. The summed E-state index contributed by atoms with van der Waals surface area (Å²) in [4.78, 5) is 13.7. The second-order valence-electron chi connectivity index (χ2n) is 4.60. The molecule has 100 valence electrons. The van der Waals surface area contributed by atoms with Crippen molar-refractivity contribution in [1.29, 1.82) is 5.26 Å². The highest BCUT2D eigenvalue weighted by Gasteiger charge is 2.52. The van der Waals surface area contributed by atoms with Crippen LogP contribution in [0, 0.1) is 16.7 Å². The Kier molecular flexibility index (Phi) is 3.34. The number of rotatable bonds is 4. The molecular formula is C14H16N2O3. The predicted molar refractivity (Wildman–Crippen MR) is 70.2 cm³/mol. The third kappa shape index (κ3) is 2.22. The van der Waals surface area contributed by atoms with Crippen LogP contribution in [0.2, 0.25) is 0 Å². The van der Waals surface area contributed by atoms with Gasteiger partial charge in [0.25, 0.3) is 0 Å². The van der Waals surface area contributed by atoms with Crippen LogP contribution in [0.4, 0.5) is 5.69 Å². The number of methoxy groups -OCH3 is 2. The van der Waals surface area contributed by atoms with Gasteiger partial charge < -0.3 is 14.4 Å². The summed E-state index contributed by atoms with van der Waals surface area (Å²) in [6, 6.07) is 7.34. The Bertz CT molecular complexity index is 544. The summed E-state index contributed by atoms with van der Waals surface area (Å²) in [5.41, 5.74) is -0.133. The minimum atomic E-state index is -0.818. The summed E-state index contributed by atoms with van der Waals surface area (Å²) in [5, 5.41) is 9.06. The standard InChI is InChI=1S/C14H16N2O3/c1-16(13(17)14(9-15)6-7-14)10-4-5-11(18-2)12(8-10)19-3/h4-5,8H,6-7H2,1-3H3. The molecule has 19 heavy (non-hydrogen) atoms. The van der Waals surface area contributed by atoms with E-state index >= 15 is 0 Å². The van der Waals surface area contributed by atoms with Crippen molar-refractivity contribution >= 4 is 11.6 Å². The summed E-state index contributed by atoms with van der Waals surface area (Å²) in [6.07, 6.45) is 1.28. The van der Waals surface area contributed by atoms with Gasteiger partial charge in [-0.25, -0.2) is 0 Å². The third-order valence-corrected chi connectivity index (χ3v) is 3.43. The highest BCUT2D eigenvalue weighted by molar-refractivity contribution is 6.01. The van der Waals surface area contributed by atoms with Crippen LogP contribution in [0.3, 0.4) is 0 Å². The zero-order valence-corrected chi connectivity index (χ0v) is 11.3. The molecule has 0 saturated heterocycles. The van der Waals surface area contributed by atoms with E-state index in [1.54, 1.807) is 39.5 Å². The number of benzene rings is 1. The van der Waals surface area contributed by atoms with Gasteiger partial charge in [0.15, 0.2) is 11.5 Å². The first-order chi connectivity index (χ1) is 9.07. The van der Waals surface area contributed by atoms with Crippen LogP contribution in [0.25, 0.3) is 0 Å². The summed E-state index contributed by atoms with van der Waals surface area (Å²) in [6.45, 7) is 0. The molecule has 0 unspecified atom stereocenters. The first kappa shape index (κ1) is 13.2. The molecule has 5 heteroatoms. The largest absolute Gasteiger partial charge is 0.493 e. The minimum absolute atomic E-state index is 0.165. The van der Waals surface area contributed by atoms with Crippen LogP contribution in [-0.2, 0) is 4.79 Å². The van der Waals surface area contributed by atoms with Gasteiger partial charge >= 0.3 is 0 Å². The molecule has 0 bridgehead atoms. The molecule has 0 N–H and O–H groups in total. The van der Waals surface area contributed by atoms with E-state index in [-0.39, 0.29) is 5.91 Å². The van der Waals surface area contributed by atoms with E-state index in [4.69, 9.17) is 14.7 Å². The predicted octanol–water partition coefficient (Wildman–Crippen LogP) is 1.97. The highest BCUT2D eigenvalue weighted by atomic mass is 16.5. The van der Waals surface area contributed by atoms with Crippen molar-refractivity contribution < 1.29 is 14.3 Å². The number of amides is 1. The Morgan fingerprint density at radius 2 is 1.95 bits per heavy atom. The van der Waals surface area contributed by atoms with Gasteiger partial charge in [-0.1, -0.05) is 0 Å².